The summed E-state index contributed by atoms with van der Waals surface area (Å²) in [6, 6.07) is 0. The van der Waals surface area contributed by atoms with E-state index in [1.54, 1.807) is 0 Å². The Morgan fingerprint density at radius 1 is 1.50 bits per heavy atom. The fourth-order valence-electron chi connectivity index (χ4n) is 0.332. The van der Waals surface area contributed by atoms with Crippen molar-refractivity contribution in [1.29, 1.82) is 0 Å². The van der Waals surface area contributed by atoms with Gasteiger partial charge in [-0.15, -0.1) is 0 Å². The van der Waals surface area contributed by atoms with Gasteiger partial charge in [0.2, 0.25) is 0 Å². The minimum absolute atomic E-state index is 0. The summed E-state index contributed by atoms with van der Waals surface area (Å²) in [5.41, 5.74) is -2.05. The normalized spacial score (nSPS) is 13.6. The van der Waals surface area contributed by atoms with Gasteiger partial charge in [0.25, 0.3) is 0 Å². The Balaban J connectivity index is 0. The maximum Gasteiger partial charge on any atom is 1.00 e. The van der Waals surface area contributed by atoms with E-state index in [-0.39, 0.29) is 42.8 Å². The monoisotopic (exact) mass is 208 g/mol. The quantitative estimate of drug-likeness (QED) is 0.266. The second-order valence-corrected chi connectivity index (χ2v) is 3.28. The standard InChI is InChI=1S/C4H10O6S.Na/c5-1-2-10-3-4(6)11(7,8)9;/h4-6H,1-3H2,(H,7,8,9);/q;+1/p-1. The second-order valence-electron chi connectivity index (χ2n) is 1.75. The molecule has 1 unspecified atom stereocenters. The molecular weight excluding hydrogens is 199 g/mol. The van der Waals surface area contributed by atoms with Gasteiger partial charge in [-0.05, 0) is 0 Å². The van der Waals surface area contributed by atoms with Crippen LogP contribution in [0.15, 0.2) is 0 Å². The number of hydrogen-bond acceptors (Lipinski definition) is 6. The Morgan fingerprint density at radius 3 is 2.33 bits per heavy atom. The van der Waals surface area contributed by atoms with Crippen molar-refractivity contribution in [2.24, 2.45) is 0 Å². The van der Waals surface area contributed by atoms with Crippen LogP contribution < -0.4 is 29.6 Å². The van der Waals surface area contributed by atoms with Gasteiger partial charge in [-0.3, -0.25) is 0 Å². The van der Waals surface area contributed by atoms with Crippen molar-refractivity contribution >= 4 is 10.1 Å². The molecule has 0 aromatic carbocycles. The maximum atomic E-state index is 9.98. The summed E-state index contributed by atoms with van der Waals surface area (Å²) in [4.78, 5) is 0. The van der Waals surface area contributed by atoms with Crippen LogP contribution in [-0.2, 0) is 14.9 Å². The average Bonchev–Trinajstić information content (AvgIpc) is 1.86. The Morgan fingerprint density at radius 2 is 2.00 bits per heavy atom. The van der Waals surface area contributed by atoms with Crippen molar-refractivity contribution in [2.75, 3.05) is 19.8 Å². The molecular formula is C4H9NaO6S. The van der Waals surface area contributed by atoms with Crippen LogP contribution >= 0.6 is 0 Å². The molecule has 0 amide bonds. The Labute approximate surface area is 92.6 Å². The van der Waals surface area contributed by atoms with Crippen LogP contribution in [0.25, 0.3) is 0 Å². The van der Waals surface area contributed by atoms with Crippen molar-refractivity contribution in [1.82, 2.24) is 0 Å². The van der Waals surface area contributed by atoms with Gasteiger partial charge in [0.1, 0.15) is 10.1 Å². The molecule has 0 fully saturated rings. The molecule has 0 aromatic rings. The van der Waals surface area contributed by atoms with Gasteiger partial charge in [-0.2, -0.15) is 0 Å². The van der Waals surface area contributed by atoms with Crippen LogP contribution in [0.2, 0.25) is 0 Å². The summed E-state index contributed by atoms with van der Waals surface area (Å²) < 4.78 is 34.3. The summed E-state index contributed by atoms with van der Waals surface area (Å²) in [5.74, 6) is 0. The van der Waals surface area contributed by atoms with E-state index in [1.165, 1.54) is 0 Å². The van der Waals surface area contributed by atoms with E-state index in [9.17, 15) is 13.0 Å². The van der Waals surface area contributed by atoms with Gasteiger partial charge in [0.15, 0.2) is 5.44 Å². The third-order valence-electron chi connectivity index (χ3n) is 0.829. The molecule has 0 spiro atoms. The molecule has 0 heterocycles. The van der Waals surface area contributed by atoms with Crippen molar-refractivity contribution in [3.8, 4) is 0 Å². The van der Waals surface area contributed by atoms with Gasteiger partial charge in [-0.1, -0.05) is 0 Å². The molecule has 68 valence electrons. The average molecular weight is 208 g/mol. The molecule has 0 rings (SSSR count). The van der Waals surface area contributed by atoms with Gasteiger partial charge in [-0.25, -0.2) is 8.42 Å². The van der Waals surface area contributed by atoms with Gasteiger partial charge >= 0.3 is 29.6 Å². The Bertz CT molecular complexity index is 190. The van der Waals surface area contributed by atoms with Crippen molar-refractivity contribution in [2.45, 2.75) is 5.44 Å². The first-order chi connectivity index (χ1) is 4.98. The molecule has 2 N–H and O–H groups in total. The van der Waals surface area contributed by atoms with Crippen molar-refractivity contribution in [3.05, 3.63) is 0 Å². The van der Waals surface area contributed by atoms with Crippen LogP contribution in [-0.4, -0.2) is 48.4 Å². The van der Waals surface area contributed by atoms with Gasteiger partial charge in [0.05, 0.1) is 19.8 Å². The van der Waals surface area contributed by atoms with E-state index in [2.05, 4.69) is 4.74 Å². The predicted molar refractivity (Wildman–Crippen MR) is 33.6 cm³/mol. The SMILES string of the molecule is O=S(=O)([O-])C(O)COCCO.[Na+]. The fraction of sp³-hybridized carbons (Fsp3) is 1.00. The number of aliphatic hydroxyl groups excluding tert-OH is 2. The first-order valence-corrected chi connectivity index (χ1v) is 4.27. The smallest absolute Gasteiger partial charge is 0.746 e. The number of ether oxygens (including phenoxy) is 1. The summed E-state index contributed by atoms with van der Waals surface area (Å²) >= 11 is 0. The van der Waals surface area contributed by atoms with E-state index in [4.69, 9.17) is 10.2 Å². The van der Waals surface area contributed by atoms with Crippen LogP contribution in [0, 0.1) is 0 Å². The minimum Gasteiger partial charge on any atom is -0.746 e. The molecule has 0 radical (unpaired) electrons. The number of rotatable bonds is 5. The van der Waals surface area contributed by atoms with E-state index in [0.29, 0.717) is 0 Å². The van der Waals surface area contributed by atoms with E-state index in [1.807, 2.05) is 0 Å². The molecule has 0 aromatic heterocycles. The van der Waals surface area contributed by atoms with Crippen molar-refractivity contribution in [3.63, 3.8) is 0 Å². The third kappa shape index (κ3) is 7.44. The number of hydrogen-bond donors (Lipinski definition) is 2. The molecule has 1 atom stereocenters. The molecule has 0 aliphatic rings. The van der Waals surface area contributed by atoms with Crippen LogP contribution in [0.3, 0.4) is 0 Å². The first-order valence-electron chi connectivity index (χ1n) is 2.80. The van der Waals surface area contributed by atoms with E-state index in [0.717, 1.165) is 0 Å². The summed E-state index contributed by atoms with van der Waals surface area (Å²) in [6.45, 7) is -0.995. The second kappa shape index (κ2) is 7.22. The summed E-state index contributed by atoms with van der Waals surface area (Å²) in [5, 5.41) is 16.7. The fourth-order valence-corrected chi connectivity index (χ4v) is 0.595. The zero-order chi connectivity index (χ0) is 8.91. The Kier molecular flexibility index (Phi) is 9.19. The Hall–Kier alpha value is 0.790. The van der Waals surface area contributed by atoms with Gasteiger partial charge in [0, 0.05) is 0 Å². The third-order valence-corrected chi connectivity index (χ3v) is 1.63. The van der Waals surface area contributed by atoms with Crippen LogP contribution in [0.4, 0.5) is 0 Å². The zero-order valence-corrected chi connectivity index (χ0v) is 9.45. The summed E-state index contributed by atoms with van der Waals surface area (Å²) in [7, 11) is -4.68. The van der Waals surface area contributed by atoms with Crippen molar-refractivity contribution < 1.29 is 57.5 Å². The largest absolute Gasteiger partial charge is 1.00 e. The van der Waals surface area contributed by atoms with E-state index >= 15 is 0 Å². The van der Waals surface area contributed by atoms with E-state index < -0.39 is 22.2 Å². The molecule has 0 aliphatic heterocycles. The number of aliphatic hydroxyl groups is 2. The first kappa shape index (κ1) is 15.3. The molecule has 0 saturated carbocycles. The molecule has 0 bridgehead atoms. The molecule has 0 aliphatic carbocycles. The van der Waals surface area contributed by atoms with Crippen LogP contribution in [0.5, 0.6) is 0 Å². The topological polar surface area (TPSA) is 107 Å². The molecule has 0 saturated heterocycles. The van der Waals surface area contributed by atoms with Crippen LogP contribution in [0.1, 0.15) is 0 Å². The summed E-state index contributed by atoms with van der Waals surface area (Å²) in [6.07, 6.45) is 0. The predicted octanol–water partition coefficient (Wildman–Crippen LogP) is -5.14. The zero-order valence-electron chi connectivity index (χ0n) is 6.63. The molecule has 12 heavy (non-hydrogen) atoms. The van der Waals surface area contributed by atoms with Gasteiger partial charge < -0.3 is 19.5 Å². The molecule has 6 nitrogen and oxygen atoms in total. The minimum atomic E-state index is -4.68. The maximum absolute atomic E-state index is 9.98. The molecule has 8 heteroatoms.